The summed E-state index contributed by atoms with van der Waals surface area (Å²) >= 11 is 0. The van der Waals surface area contributed by atoms with Gasteiger partial charge in [0.05, 0.1) is 0 Å². The summed E-state index contributed by atoms with van der Waals surface area (Å²) in [5, 5.41) is 2.31. The smallest absolute Gasteiger partial charge is 0.136 e. The molecule has 0 atom stereocenters. The molecule has 0 spiro atoms. The van der Waals surface area contributed by atoms with Crippen molar-refractivity contribution in [2.75, 3.05) is 4.90 Å². The van der Waals surface area contributed by atoms with E-state index in [1.807, 2.05) is 12.1 Å². The van der Waals surface area contributed by atoms with E-state index in [9.17, 15) is 0 Å². The first-order valence-electron chi connectivity index (χ1n) is 20.0. The molecule has 9 aromatic rings. The SMILES string of the molecule is CC(C)(C)c1cc(-c2ccc(-c3cccc4oc5ccccc5c34)cc2)ccc1N(c1ccc(-c2ccccc2)cc1)c1ccc2c(c1)C(C)(C)c1ccccc1-2. The van der Waals surface area contributed by atoms with Gasteiger partial charge in [-0.3, -0.25) is 0 Å². The Morgan fingerprint density at radius 1 is 0.439 bits per heavy atom. The van der Waals surface area contributed by atoms with Crippen LogP contribution in [-0.4, -0.2) is 0 Å². The van der Waals surface area contributed by atoms with Crippen molar-refractivity contribution in [3.63, 3.8) is 0 Å². The Kier molecular flexibility index (Phi) is 8.09. The lowest BCUT2D eigenvalue weighted by Gasteiger charge is -2.33. The van der Waals surface area contributed by atoms with Gasteiger partial charge in [-0.1, -0.05) is 168 Å². The van der Waals surface area contributed by atoms with Crippen LogP contribution in [0.1, 0.15) is 51.3 Å². The van der Waals surface area contributed by atoms with Gasteiger partial charge in [-0.25, -0.2) is 0 Å². The summed E-state index contributed by atoms with van der Waals surface area (Å²) in [7, 11) is 0. The van der Waals surface area contributed by atoms with Crippen LogP contribution in [0, 0.1) is 0 Å². The third-order valence-electron chi connectivity index (χ3n) is 12.0. The van der Waals surface area contributed by atoms with Gasteiger partial charge < -0.3 is 9.32 Å². The predicted molar refractivity (Wildman–Crippen MR) is 241 cm³/mol. The molecule has 2 heteroatoms. The van der Waals surface area contributed by atoms with Crippen LogP contribution in [0.3, 0.4) is 0 Å². The van der Waals surface area contributed by atoms with Gasteiger partial charge in [0.25, 0.3) is 0 Å². The summed E-state index contributed by atoms with van der Waals surface area (Å²) in [6.45, 7) is 11.7. The molecule has 0 saturated heterocycles. The molecule has 0 fully saturated rings. The van der Waals surface area contributed by atoms with Gasteiger partial charge in [-0.2, -0.15) is 0 Å². The number of nitrogens with zero attached hydrogens (tertiary/aromatic N) is 1. The highest BCUT2D eigenvalue weighted by Crippen LogP contribution is 2.51. The quantitative estimate of drug-likeness (QED) is 0.169. The number of benzene rings is 8. The second kappa shape index (κ2) is 13.2. The minimum absolute atomic E-state index is 0.107. The van der Waals surface area contributed by atoms with E-state index in [2.05, 4.69) is 209 Å². The first-order valence-corrected chi connectivity index (χ1v) is 20.0. The fourth-order valence-corrected chi connectivity index (χ4v) is 9.06. The van der Waals surface area contributed by atoms with Crippen LogP contribution in [0.2, 0.25) is 0 Å². The number of hydrogen-bond acceptors (Lipinski definition) is 2. The monoisotopic (exact) mass is 735 g/mol. The number of furan rings is 1. The zero-order chi connectivity index (χ0) is 38.9. The summed E-state index contributed by atoms with van der Waals surface area (Å²) in [6.07, 6.45) is 0. The van der Waals surface area contributed by atoms with Gasteiger partial charge in [0.1, 0.15) is 11.2 Å². The molecule has 57 heavy (non-hydrogen) atoms. The standard InChI is InChI=1S/C55H45NO/c1-54(2,3)49-34-40(38-22-24-39(25-23-38)43-18-13-21-52-53(43)46-17-10-12-20-51(46)57-52)28-33-50(49)56(41-29-26-37(27-30-41)36-14-7-6-8-15-36)42-31-32-45-44-16-9-11-19-47(44)55(4,5)48(45)35-42/h6-35H,1-5H3. The van der Waals surface area contributed by atoms with Gasteiger partial charge in [-0.15, -0.1) is 0 Å². The lowest BCUT2D eigenvalue weighted by atomic mass is 9.82. The highest BCUT2D eigenvalue weighted by atomic mass is 16.3. The van der Waals surface area contributed by atoms with E-state index in [0.29, 0.717) is 0 Å². The Morgan fingerprint density at radius 3 is 1.81 bits per heavy atom. The Bertz CT molecular complexity index is 2940. The maximum absolute atomic E-state index is 6.22. The Labute approximate surface area is 335 Å². The highest BCUT2D eigenvalue weighted by Gasteiger charge is 2.36. The largest absolute Gasteiger partial charge is 0.456 e. The second-order valence-corrected chi connectivity index (χ2v) is 17.0. The van der Waals surface area contributed by atoms with Gasteiger partial charge in [0, 0.05) is 33.2 Å². The molecular weight excluding hydrogens is 691 g/mol. The molecule has 1 aliphatic carbocycles. The summed E-state index contributed by atoms with van der Waals surface area (Å²) in [5.41, 5.74) is 18.9. The molecule has 0 bridgehead atoms. The van der Waals surface area contributed by atoms with E-state index in [1.165, 1.54) is 66.9 Å². The number of fused-ring (bicyclic) bond motifs is 6. The van der Waals surface area contributed by atoms with Crippen LogP contribution < -0.4 is 4.90 Å². The van der Waals surface area contributed by atoms with Gasteiger partial charge in [0.2, 0.25) is 0 Å². The van der Waals surface area contributed by atoms with Crippen LogP contribution in [0.4, 0.5) is 17.1 Å². The molecule has 1 aliphatic rings. The molecular formula is C55H45NO. The molecule has 0 unspecified atom stereocenters. The van der Waals surface area contributed by atoms with Crippen molar-refractivity contribution < 1.29 is 4.42 Å². The van der Waals surface area contributed by atoms with Crippen molar-refractivity contribution in [1.29, 1.82) is 0 Å². The third-order valence-corrected chi connectivity index (χ3v) is 12.0. The zero-order valence-corrected chi connectivity index (χ0v) is 33.2. The number of hydrogen-bond donors (Lipinski definition) is 0. The minimum atomic E-state index is -0.141. The van der Waals surface area contributed by atoms with Crippen molar-refractivity contribution in [1.82, 2.24) is 0 Å². The van der Waals surface area contributed by atoms with Crippen molar-refractivity contribution in [3.8, 4) is 44.5 Å². The van der Waals surface area contributed by atoms with Crippen LogP contribution in [0.25, 0.3) is 66.4 Å². The molecule has 2 nitrogen and oxygen atoms in total. The molecule has 10 rings (SSSR count). The maximum Gasteiger partial charge on any atom is 0.136 e. The Hall–Kier alpha value is -6.64. The Balaban J connectivity index is 1.09. The van der Waals surface area contributed by atoms with E-state index in [0.717, 1.165) is 33.3 Å². The topological polar surface area (TPSA) is 16.4 Å². The van der Waals surface area contributed by atoms with Crippen molar-refractivity contribution in [3.05, 3.63) is 199 Å². The molecule has 1 aromatic heterocycles. The molecule has 0 saturated carbocycles. The minimum Gasteiger partial charge on any atom is -0.456 e. The third kappa shape index (κ3) is 5.87. The van der Waals surface area contributed by atoms with Crippen molar-refractivity contribution in [2.45, 2.75) is 45.4 Å². The van der Waals surface area contributed by atoms with E-state index < -0.39 is 0 Å². The lowest BCUT2D eigenvalue weighted by molar-refractivity contribution is 0.591. The average molecular weight is 736 g/mol. The molecule has 0 N–H and O–H groups in total. The van der Waals surface area contributed by atoms with Crippen molar-refractivity contribution in [2.24, 2.45) is 0 Å². The highest BCUT2D eigenvalue weighted by molar-refractivity contribution is 6.12. The van der Waals surface area contributed by atoms with Crippen LogP contribution in [0.5, 0.6) is 0 Å². The number of anilines is 3. The zero-order valence-electron chi connectivity index (χ0n) is 33.2. The van der Waals surface area contributed by atoms with E-state index in [4.69, 9.17) is 4.42 Å². The van der Waals surface area contributed by atoms with Crippen LogP contribution in [-0.2, 0) is 10.8 Å². The molecule has 0 amide bonds. The molecule has 8 aromatic carbocycles. The fraction of sp³-hybridized carbons (Fsp3) is 0.127. The second-order valence-electron chi connectivity index (χ2n) is 17.0. The molecule has 1 heterocycles. The fourth-order valence-electron chi connectivity index (χ4n) is 9.06. The summed E-state index contributed by atoms with van der Waals surface area (Å²) < 4.78 is 6.22. The number of para-hydroxylation sites is 1. The summed E-state index contributed by atoms with van der Waals surface area (Å²) in [6, 6.07) is 66.4. The van der Waals surface area contributed by atoms with Crippen LogP contribution >= 0.6 is 0 Å². The normalized spacial score (nSPS) is 13.1. The van der Waals surface area contributed by atoms with Gasteiger partial charge >= 0.3 is 0 Å². The first-order chi connectivity index (χ1) is 27.6. The van der Waals surface area contributed by atoms with Crippen LogP contribution in [0.15, 0.2) is 186 Å². The molecule has 276 valence electrons. The van der Waals surface area contributed by atoms with Gasteiger partial charge in [-0.05, 0) is 115 Å². The number of rotatable bonds is 6. The van der Waals surface area contributed by atoms with Crippen molar-refractivity contribution >= 4 is 39.0 Å². The van der Waals surface area contributed by atoms with E-state index >= 15 is 0 Å². The van der Waals surface area contributed by atoms with Gasteiger partial charge in [0.15, 0.2) is 0 Å². The lowest BCUT2D eigenvalue weighted by Crippen LogP contribution is -2.20. The Morgan fingerprint density at radius 2 is 1.02 bits per heavy atom. The van der Waals surface area contributed by atoms with E-state index in [-0.39, 0.29) is 10.8 Å². The first kappa shape index (κ1) is 34.8. The molecule has 0 radical (unpaired) electrons. The maximum atomic E-state index is 6.22. The average Bonchev–Trinajstić information content (AvgIpc) is 3.73. The van der Waals surface area contributed by atoms with E-state index in [1.54, 1.807) is 0 Å². The molecule has 0 aliphatic heterocycles. The summed E-state index contributed by atoms with van der Waals surface area (Å²) in [5.74, 6) is 0. The summed E-state index contributed by atoms with van der Waals surface area (Å²) in [4.78, 5) is 2.47. The predicted octanol–water partition coefficient (Wildman–Crippen LogP) is 15.7.